The molecule has 0 spiro atoms. The molecule has 6 nitrogen and oxygen atoms in total. The Balaban J connectivity index is 2.30. The number of hydrogen-bond donors (Lipinski definition) is 2. The highest BCUT2D eigenvalue weighted by molar-refractivity contribution is 6.45. The van der Waals surface area contributed by atoms with Gasteiger partial charge >= 0.3 is 0 Å². The Bertz CT molecular complexity index is 757. The van der Waals surface area contributed by atoms with Gasteiger partial charge in [-0.3, -0.25) is 10.2 Å². The second-order valence-electron chi connectivity index (χ2n) is 5.31. The van der Waals surface area contributed by atoms with Gasteiger partial charge in [-0.2, -0.15) is 0 Å². The quantitative estimate of drug-likeness (QED) is 0.369. The zero-order valence-electron chi connectivity index (χ0n) is 14.0. The molecule has 1 amide bonds. The van der Waals surface area contributed by atoms with Gasteiger partial charge in [0.25, 0.3) is 5.91 Å². The molecule has 0 saturated heterocycles. The third kappa shape index (κ3) is 4.11. The van der Waals surface area contributed by atoms with Crippen molar-refractivity contribution in [2.24, 2.45) is 11.0 Å². The molecule has 0 aliphatic heterocycles. The van der Waals surface area contributed by atoms with Crippen LogP contribution in [0.5, 0.6) is 5.75 Å². The van der Waals surface area contributed by atoms with Gasteiger partial charge in [-0.1, -0.05) is 41.6 Å². The third-order valence-corrected chi connectivity index (χ3v) is 3.53. The first-order valence-corrected chi connectivity index (χ1v) is 7.47. The SMILES string of the molecule is CO/N=C(/C(=O)NN)c1ccccc1COc1cc(C)ccc1C. The second-order valence-corrected chi connectivity index (χ2v) is 5.31. The summed E-state index contributed by atoms with van der Waals surface area (Å²) >= 11 is 0. The van der Waals surface area contributed by atoms with E-state index in [1.807, 2.05) is 50.2 Å². The van der Waals surface area contributed by atoms with Crippen LogP contribution in [-0.4, -0.2) is 18.7 Å². The summed E-state index contributed by atoms with van der Waals surface area (Å²) in [7, 11) is 1.37. The summed E-state index contributed by atoms with van der Waals surface area (Å²) in [5.74, 6) is 5.50. The number of hydrogen-bond acceptors (Lipinski definition) is 5. The van der Waals surface area contributed by atoms with Crippen LogP contribution in [0.3, 0.4) is 0 Å². The Morgan fingerprint density at radius 2 is 1.96 bits per heavy atom. The van der Waals surface area contributed by atoms with Crippen LogP contribution < -0.4 is 16.0 Å². The van der Waals surface area contributed by atoms with Crippen molar-refractivity contribution >= 4 is 11.6 Å². The Morgan fingerprint density at radius 3 is 2.67 bits per heavy atom. The molecule has 6 heteroatoms. The van der Waals surface area contributed by atoms with E-state index in [-0.39, 0.29) is 5.71 Å². The van der Waals surface area contributed by atoms with Crippen LogP contribution >= 0.6 is 0 Å². The summed E-state index contributed by atoms with van der Waals surface area (Å²) in [6.07, 6.45) is 0. The van der Waals surface area contributed by atoms with Crippen molar-refractivity contribution < 1.29 is 14.4 Å². The Labute approximate surface area is 141 Å². The summed E-state index contributed by atoms with van der Waals surface area (Å²) in [4.78, 5) is 16.7. The number of amides is 1. The Kier molecular flexibility index (Phi) is 5.92. The molecule has 3 N–H and O–H groups in total. The van der Waals surface area contributed by atoms with E-state index in [1.54, 1.807) is 6.07 Å². The minimum atomic E-state index is -0.531. The summed E-state index contributed by atoms with van der Waals surface area (Å²) < 4.78 is 5.93. The van der Waals surface area contributed by atoms with Crippen molar-refractivity contribution in [3.8, 4) is 5.75 Å². The van der Waals surface area contributed by atoms with Gasteiger partial charge in [0.1, 0.15) is 19.5 Å². The number of nitrogens with zero attached hydrogens (tertiary/aromatic N) is 1. The summed E-state index contributed by atoms with van der Waals surface area (Å²) in [5, 5.41) is 3.78. The van der Waals surface area contributed by atoms with Gasteiger partial charge in [0.15, 0.2) is 5.71 Å². The summed E-state index contributed by atoms with van der Waals surface area (Å²) in [5.41, 5.74) is 5.74. The van der Waals surface area contributed by atoms with Gasteiger partial charge in [0, 0.05) is 5.56 Å². The van der Waals surface area contributed by atoms with E-state index in [0.29, 0.717) is 12.2 Å². The van der Waals surface area contributed by atoms with Crippen molar-refractivity contribution in [1.29, 1.82) is 0 Å². The van der Waals surface area contributed by atoms with Crippen LogP contribution in [0.4, 0.5) is 0 Å². The van der Waals surface area contributed by atoms with Gasteiger partial charge in [0.05, 0.1) is 0 Å². The number of benzene rings is 2. The lowest BCUT2D eigenvalue weighted by Gasteiger charge is -2.13. The molecule has 0 bridgehead atoms. The minimum absolute atomic E-state index is 0.0974. The normalized spacial score (nSPS) is 11.1. The third-order valence-electron chi connectivity index (χ3n) is 3.53. The molecule has 0 aliphatic carbocycles. The fourth-order valence-corrected chi connectivity index (χ4v) is 2.27. The van der Waals surface area contributed by atoms with Crippen LogP contribution in [0.2, 0.25) is 0 Å². The van der Waals surface area contributed by atoms with Gasteiger partial charge < -0.3 is 9.57 Å². The zero-order chi connectivity index (χ0) is 17.5. The lowest BCUT2D eigenvalue weighted by molar-refractivity contribution is -0.114. The molecule has 24 heavy (non-hydrogen) atoms. The number of nitrogens with one attached hydrogen (secondary N) is 1. The summed E-state index contributed by atoms with van der Waals surface area (Å²) in [6.45, 7) is 4.29. The number of hydrazine groups is 1. The molecule has 0 saturated carbocycles. The van der Waals surface area contributed by atoms with Crippen molar-refractivity contribution in [2.75, 3.05) is 7.11 Å². The number of carbonyl (C=O) groups excluding carboxylic acids is 1. The minimum Gasteiger partial charge on any atom is -0.489 e. The lowest BCUT2D eigenvalue weighted by Crippen LogP contribution is -2.37. The maximum absolute atomic E-state index is 11.9. The first-order valence-electron chi connectivity index (χ1n) is 7.47. The Hall–Kier alpha value is -2.86. The van der Waals surface area contributed by atoms with E-state index in [0.717, 1.165) is 22.4 Å². The summed E-state index contributed by atoms with van der Waals surface area (Å²) in [6, 6.07) is 13.3. The predicted octanol–water partition coefficient (Wildman–Crippen LogP) is 2.22. The van der Waals surface area contributed by atoms with E-state index >= 15 is 0 Å². The number of nitrogens with two attached hydrogens (primary N) is 1. The van der Waals surface area contributed by atoms with Crippen LogP contribution in [0, 0.1) is 13.8 Å². The largest absolute Gasteiger partial charge is 0.489 e. The van der Waals surface area contributed by atoms with Crippen molar-refractivity contribution in [1.82, 2.24) is 5.43 Å². The first kappa shape index (κ1) is 17.5. The maximum Gasteiger partial charge on any atom is 0.287 e. The molecule has 0 fully saturated rings. The molecule has 0 aliphatic rings. The fourth-order valence-electron chi connectivity index (χ4n) is 2.27. The number of rotatable bonds is 6. The number of ether oxygens (including phenoxy) is 1. The van der Waals surface area contributed by atoms with E-state index < -0.39 is 5.91 Å². The molecule has 0 heterocycles. The fraction of sp³-hybridized carbons (Fsp3) is 0.222. The molecule has 0 aromatic heterocycles. The standard InChI is InChI=1S/C18H21N3O3/c1-12-8-9-13(2)16(10-12)24-11-14-6-4-5-7-15(14)17(21-23-3)18(22)20-19/h4-10H,11,19H2,1-3H3,(H,20,22)/b21-17+. The van der Waals surface area contributed by atoms with Gasteiger partial charge in [-0.15, -0.1) is 0 Å². The van der Waals surface area contributed by atoms with Crippen LogP contribution in [0.25, 0.3) is 0 Å². The molecule has 0 unspecified atom stereocenters. The Morgan fingerprint density at radius 1 is 1.21 bits per heavy atom. The van der Waals surface area contributed by atoms with E-state index in [2.05, 4.69) is 10.6 Å². The molecular formula is C18H21N3O3. The molecule has 126 valence electrons. The van der Waals surface area contributed by atoms with Gasteiger partial charge in [-0.05, 0) is 36.6 Å². The molecule has 2 rings (SSSR count). The maximum atomic E-state index is 11.9. The van der Waals surface area contributed by atoms with Crippen LogP contribution in [0.1, 0.15) is 22.3 Å². The smallest absolute Gasteiger partial charge is 0.287 e. The molecular weight excluding hydrogens is 306 g/mol. The molecule has 2 aromatic rings. The average Bonchev–Trinajstić information content (AvgIpc) is 2.60. The van der Waals surface area contributed by atoms with Gasteiger partial charge in [-0.25, -0.2) is 5.84 Å². The molecule has 0 atom stereocenters. The van der Waals surface area contributed by atoms with Crippen LogP contribution in [0.15, 0.2) is 47.6 Å². The van der Waals surface area contributed by atoms with E-state index in [9.17, 15) is 4.79 Å². The highest BCUT2D eigenvalue weighted by Crippen LogP contribution is 2.21. The molecule has 0 radical (unpaired) electrons. The van der Waals surface area contributed by atoms with E-state index in [1.165, 1.54) is 7.11 Å². The highest BCUT2D eigenvalue weighted by Gasteiger charge is 2.17. The number of oxime groups is 1. The van der Waals surface area contributed by atoms with E-state index in [4.69, 9.17) is 15.4 Å². The van der Waals surface area contributed by atoms with Crippen molar-refractivity contribution in [3.63, 3.8) is 0 Å². The lowest BCUT2D eigenvalue weighted by atomic mass is 10.0. The van der Waals surface area contributed by atoms with Crippen LogP contribution in [-0.2, 0) is 16.2 Å². The average molecular weight is 327 g/mol. The number of carbonyl (C=O) groups is 1. The topological polar surface area (TPSA) is 85.9 Å². The second kappa shape index (κ2) is 8.12. The monoisotopic (exact) mass is 327 g/mol. The molecule has 2 aromatic carbocycles. The van der Waals surface area contributed by atoms with Crippen molar-refractivity contribution in [2.45, 2.75) is 20.5 Å². The first-order chi connectivity index (χ1) is 11.6. The zero-order valence-corrected chi connectivity index (χ0v) is 14.0. The number of aryl methyl sites for hydroxylation is 2. The predicted molar refractivity (Wildman–Crippen MR) is 92.6 cm³/mol. The highest BCUT2D eigenvalue weighted by atomic mass is 16.6. The van der Waals surface area contributed by atoms with Crippen molar-refractivity contribution in [3.05, 3.63) is 64.7 Å². The van der Waals surface area contributed by atoms with Gasteiger partial charge in [0.2, 0.25) is 0 Å².